The lowest BCUT2D eigenvalue weighted by Crippen LogP contribution is -2.24. The normalized spacial score (nSPS) is 14.4. The number of aryl methyl sites for hydroxylation is 1. The largest absolute Gasteiger partial charge is 0.352 e. The molecule has 2 aromatic rings. The summed E-state index contributed by atoms with van der Waals surface area (Å²) in [6, 6.07) is 8.31. The third-order valence-corrected chi connectivity index (χ3v) is 4.86. The van der Waals surface area contributed by atoms with Gasteiger partial charge in [-0.25, -0.2) is 0 Å². The minimum Gasteiger partial charge on any atom is -0.352 e. The van der Waals surface area contributed by atoms with E-state index < -0.39 is 0 Å². The van der Waals surface area contributed by atoms with Gasteiger partial charge in [0.05, 0.1) is 0 Å². The highest BCUT2D eigenvalue weighted by molar-refractivity contribution is 5.91. The molecule has 0 saturated carbocycles. The van der Waals surface area contributed by atoms with Crippen LogP contribution in [0.3, 0.4) is 0 Å². The molecule has 0 radical (unpaired) electrons. The second-order valence-corrected chi connectivity index (χ2v) is 7.19. The smallest absolute Gasteiger partial charge is 0.244 e. The fourth-order valence-corrected chi connectivity index (χ4v) is 3.25. The van der Waals surface area contributed by atoms with Gasteiger partial charge in [0.15, 0.2) is 0 Å². The van der Waals surface area contributed by atoms with E-state index in [1.54, 1.807) is 6.08 Å². The van der Waals surface area contributed by atoms with Crippen molar-refractivity contribution >= 4 is 12.0 Å². The van der Waals surface area contributed by atoms with Crippen LogP contribution in [0, 0.1) is 0 Å². The average molecular weight is 352 g/mol. The van der Waals surface area contributed by atoms with Crippen molar-refractivity contribution in [3.05, 3.63) is 53.1 Å². The highest BCUT2D eigenvalue weighted by atomic mass is 16.1. The molecule has 1 N–H and O–H groups in total. The summed E-state index contributed by atoms with van der Waals surface area (Å²) in [5.74, 6) is 2.51. The van der Waals surface area contributed by atoms with Gasteiger partial charge in [0.1, 0.15) is 11.6 Å². The topological polar surface area (TPSA) is 59.8 Å². The number of rotatable bonds is 6. The molecular formula is C21H28N4O. The molecule has 0 bridgehead atoms. The van der Waals surface area contributed by atoms with Crippen LogP contribution in [0.5, 0.6) is 0 Å². The van der Waals surface area contributed by atoms with Crippen molar-refractivity contribution in [1.82, 2.24) is 20.1 Å². The molecule has 1 aromatic heterocycles. The molecular weight excluding hydrogens is 324 g/mol. The second-order valence-electron chi connectivity index (χ2n) is 7.19. The van der Waals surface area contributed by atoms with Gasteiger partial charge in [0.25, 0.3) is 0 Å². The van der Waals surface area contributed by atoms with Gasteiger partial charge in [-0.2, -0.15) is 0 Å². The zero-order chi connectivity index (χ0) is 18.4. The molecule has 0 aliphatic carbocycles. The summed E-state index contributed by atoms with van der Waals surface area (Å²) >= 11 is 0. The van der Waals surface area contributed by atoms with Crippen LogP contribution in [0.1, 0.15) is 61.8 Å². The fourth-order valence-electron chi connectivity index (χ4n) is 3.25. The Bertz CT molecular complexity index is 759. The van der Waals surface area contributed by atoms with Gasteiger partial charge < -0.3 is 9.88 Å². The van der Waals surface area contributed by atoms with Gasteiger partial charge in [-0.1, -0.05) is 44.5 Å². The predicted molar refractivity (Wildman–Crippen MR) is 104 cm³/mol. The van der Waals surface area contributed by atoms with E-state index in [0.717, 1.165) is 36.6 Å². The Labute approximate surface area is 155 Å². The van der Waals surface area contributed by atoms with Gasteiger partial charge in [-0.15, -0.1) is 10.2 Å². The van der Waals surface area contributed by atoms with Gasteiger partial charge in [0.2, 0.25) is 5.91 Å². The SMILES string of the molecule is CC(C)c1ccc(/C=C/C(=O)NCCc2nnc3n2CCCCC3)cc1. The van der Waals surface area contributed by atoms with Crippen LogP contribution in [0.4, 0.5) is 0 Å². The second kappa shape index (κ2) is 8.79. The molecule has 2 heterocycles. The molecule has 0 atom stereocenters. The zero-order valence-corrected chi connectivity index (χ0v) is 15.7. The number of carbonyl (C=O) groups is 1. The lowest BCUT2D eigenvalue weighted by molar-refractivity contribution is -0.116. The Morgan fingerprint density at radius 3 is 2.77 bits per heavy atom. The summed E-state index contributed by atoms with van der Waals surface area (Å²) in [6.45, 7) is 5.92. The highest BCUT2D eigenvalue weighted by Crippen LogP contribution is 2.16. The number of hydrogen-bond donors (Lipinski definition) is 1. The molecule has 1 aliphatic heterocycles. The van der Waals surface area contributed by atoms with E-state index in [1.807, 2.05) is 18.2 Å². The molecule has 5 heteroatoms. The molecule has 5 nitrogen and oxygen atoms in total. The molecule has 138 valence electrons. The maximum Gasteiger partial charge on any atom is 0.244 e. The molecule has 0 saturated heterocycles. The monoisotopic (exact) mass is 352 g/mol. The summed E-state index contributed by atoms with van der Waals surface area (Å²) in [5.41, 5.74) is 2.34. The van der Waals surface area contributed by atoms with Crippen LogP contribution in [0.2, 0.25) is 0 Å². The van der Waals surface area contributed by atoms with E-state index in [2.05, 4.69) is 46.1 Å². The summed E-state index contributed by atoms with van der Waals surface area (Å²) in [4.78, 5) is 12.0. The zero-order valence-electron chi connectivity index (χ0n) is 15.7. The van der Waals surface area contributed by atoms with E-state index in [9.17, 15) is 4.79 Å². The highest BCUT2D eigenvalue weighted by Gasteiger charge is 2.14. The molecule has 1 amide bonds. The number of carbonyl (C=O) groups excluding carboxylic acids is 1. The lowest BCUT2D eigenvalue weighted by Gasteiger charge is -2.07. The Hall–Kier alpha value is -2.43. The molecule has 3 rings (SSSR count). The van der Waals surface area contributed by atoms with Gasteiger partial charge in [-0.3, -0.25) is 4.79 Å². The quantitative estimate of drug-likeness (QED) is 0.810. The van der Waals surface area contributed by atoms with E-state index in [4.69, 9.17) is 0 Å². The van der Waals surface area contributed by atoms with E-state index >= 15 is 0 Å². The number of nitrogens with zero attached hydrogens (tertiary/aromatic N) is 3. The van der Waals surface area contributed by atoms with Crippen LogP contribution in [0.25, 0.3) is 6.08 Å². The van der Waals surface area contributed by atoms with Crippen molar-refractivity contribution in [2.75, 3.05) is 6.54 Å². The van der Waals surface area contributed by atoms with Crippen molar-refractivity contribution in [1.29, 1.82) is 0 Å². The van der Waals surface area contributed by atoms with E-state index in [-0.39, 0.29) is 5.91 Å². The first kappa shape index (κ1) is 18.4. The van der Waals surface area contributed by atoms with Crippen molar-refractivity contribution in [2.45, 2.75) is 58.4 Å². The van der Waals surface area contributed by atoms with Gasteiger partial charge in [0, 0.05) is 32.0 Å². The van der Waals surface area contributed by atoms with Gasteiger partial charge in [-0.05, 0) is 36.0 Å². The summed E-state index contributed by atoms with van der Waals surface area (Å²) in [5, 5.41) is 11.5. The Balaban J connectivity index is 1.48. The summed E-state index contributed by atoms with van der Waals surface area (Å²) in [6.07, 6.45) is 8.80. The standard InChI is InChI=1S/C21H28N4O/c1-16(2)18-10-7-17(8-11-18)9-12-21(26)22-14-13-20-24-23-19-6-4-3-5-15-25(19)20/h7-12,16H,3-6,13-15H2,1-2H3,(H,22,26)/b12-9+. The summed E-state index contributed by atoms with van der Waals surface area (Å²) < 4.78 is 2.23. The Morgan fingerprint density at radius 1 is 1.19 bits per heavy atom. The average Bonchev–Trinajstić information content (AvgIpc) is 2.87. The molecule has 0 fully saturated rings. The first-order chi connectivity index (χ1) is 12.6. The molecule has 1 aromatic carbocycles. The first-order valence-corrected chi connectivity index (χ1v) is 9.60. The number of hydrogen-bond acceptors (Lipinski definition) is 3. The third kappa shape index (κ3) is 4.81. The van der Waals surface area contributed by atoms with Crippen LogP contribution >= 0.6 is 0 Å². The van der Waals surface area contributed by atoms with Gasteiger partial charge >= 0.3 is 0 Å². The van der Waals surface area contributed by atoms with Crippen molar-refractivity contribution in [2.24, 2.45) is 0 Å². The van der Waals surface area contributed by atoms with Crippen molar-refractivity contribution in [3.63, 3.8) is 0 Å². The van der Waals surface area contributed by atoms with Crippen LogP contribution in [0.15, 0.2) is 30.3 Å². The number of nitrogens with one attached hydrogen (secondary N) is 1. The van der Waals surface area contributed by atoms with Crippen molar-refractivity contribution in [3.8, 4) is 0 Å². The molecule has 26 heavy (non-hydrogen) atoms. The third-order valence-electron chi connectivity index (χ3n) is 4.86. The Morgan fingerprint density at radius 2 is 2.00 bits per heavy atom. The Kier molecular flexibility index (Phi) is 6.21. The number of amides is 1. The number of aromatic nitrogens is 3. The minimum absolute atomic E-state index is 0.0754. The molecule has 0 unspecified atom stereocenters. The van der Waals surface area contributed by atoms with Crippen LogP contribution < -0.4 is 5.32 Å². The van der Waals surface area contributed by atoms with Crippen molar-refractivity contribution < 1.29 is 4.79 Å². The van der Waals surface area contributed by atoms with Crippen LogP contribution in [-0.2, 0) is 24.2 Å². The van der Waals surface area contributed by atoms with E-state index in [0.29, 0.717) is 12.5 Å². The number of fused-ring (bicyclic) bond motifs is 1. The fraction of sp³-hybridized carbons (Fsp3) is 0.476. The van der Waals surface area contributed by atoms with E-state index in [1.165, 1.54) is 24.8 Å². The predicted octanol–water partition coefficient (Wildman–Crippen LogP) is 3.50. The van der Waals surface area contributed by atoms with Crippen LogP contribution in [-0.4, -0.2) is 27.2 Å². The first-order valence-electron chi connectivity index (χ1n) is 9.60. The number of benzene rings is 1. The maximum atomic E-state index is 12.0. The lowest BCUT2D eigenvalue weighted by atomic mass is 10.0. The molecule has 1 aliphatic rings. The maximum absolute atomic E-state index is 12.0. The minimum atomic E-state index is -0.0754. The molecule has 0 spiro atoms. The summed E-state index contributed by atoms with van der Waals surface area (Å²) in [7, 11) is 0.